The van der Waals surface area contributed by atoms with E-state index in [0.717, 1.165) is 11.1 Å². The Morgan fingerprint density at radius 3 is 2.52 bits per heavy atom. The average molecular weight is 347 g/mol. The van der Waals surface area contributed by atoms with E-state index < -0.39 is 0 Å². The van der Waals surface area contributed by atoms with Crippen molar-refractivity contribution < 1.29 is 9.47 Å². The Morgan fingerprint density at radius 1 is 1.10 bits per heavy atom. The smallest absolute Gasteiger partial charge is 0.166 e. The number of benzene rings is 2. The lowest BCUT2D eigenvalue weighted by Gasteiger charge is -2.15. The molecule has 2 rings (SSSR count). The van der Waals surface area contributed by atoms with Gasteiger partial charge < -0.3 is 15.2 Å². The zero-order valence-electron chi connectivity index (χ0n) is 11.3. The third-order valence-corrected chi connectivity index (χ3v) is 4.02. The minimum atomic E-state index is 0.254. The molecule has 2 N–H and O–H groups in total. The maximum atomic E-state index is 6.14. The molecule has 112 valence electrons. The molecule has 0 saturated carbocycles. The summed E-state index contributed by atoms with van der Waals surface area (Å²) < 4.78 is 11.1. The number of methoxy groups -OCH3 is 1. The Morgan fingerprint density at radius 2 is 1.86 bits per heavy atom. The van der Waals surface area contributed by atoms with Crippen LogP contribution in [0.3, 0.4) is 0 Å². The molecule has 0 bridgehead atoms. The van der Waals surface area contributed by atoms with Gasteiger partial charge in [0.25, 0.3) is 0 Å². The number of nitrogens with two attached hydrogens (primary N) is 1. The van der Waals surface area contributed by atoms with Gasteiger partial charge in [-0.2, -0.15) is 0 Å². The van der Waals surface area contributed by atoms with Gasteiger partial charge in [0, 0.05) is 28.8 Å². The second kappa shape index (κ2) is 7.23. The highest BCUT2D eigenvalue weighted by Crippen LogP contribution is 2.36. The van der Waals surface area contributed by atoms with Crippen molar-refractivity contribution in [2.24, 2.45) is 5.73 Å². The van der Waals surface area contributed by atoms with E-state index in [-0.39, 0.29) is 13.2 Å². The fourth-order valence-electron chi connectivity index (χ4n) is 1.90. The SMILES string of the molecule is COc1cc(Cl)cc(CN)c1OCc1cccc(Cl)c1Cl. The monoisotopic (exact) mass is 345 g/mol. The van der Waals surface area contributed by atoms with Gasteiger partial charge in [0.05, 0.1) is 17.2 Å². The largest absolute Gasteiger partial charge is 0.493 e. The zero-order chi connectivity index (χ0) is 15.4. The van der Waals surface area contributed by atoms with Gasteiger partial charge in [-0.05, 0) is 12.1 Å². The highest BCUT2D eigenvalue weighted by Gasteiger charge is 2.13. The normalized spacial score (nSPS) is 10.5. The average Bonchev–Trinajstić information content (AvgIpc) is 2.48. The molecule has 0 heterocycles. The van der Waals surface area contributed by atoms with Crippen LogP contribution in [0.4, 0.5) is 0 Å². The first-order valence-electron chi connectivity index (χ1n) is 6.19. The highest BCUT2D eigenvalue weighted by molar-refractivity contribution is 6.42. The predicted octanol–water partition coefficient (Wildman–Crippen LogP) is 4.69. The van der Waals surface area contributed by atoms with E-state index in [1.165, 1.54) is 0 Å². The number of rotatable bonds is 5. The number of halogens is 3. The van der Waals surface area contributed by atoms with E-state index >= 15 is 0 Å². The summed E-state index contributed by atoms with van der Waals surface area (Å²) in [7, 11) is 1.55. The minimum absolute atomic E-state index is 0.254. The first-order chi connectivity index (χ1) is 10.1. The molecule has 0 aliphatic rings. The number of hydrogen-bond donors (Lipinski definition) is 1. The summed E-state index contributed by atoms with van der Waals surface area (Å²) in [6, 6.07) is 8.81. The van der Waals surface area contributed by atoms with Crippen molar-refractivity contribution >= 4 is 34.8 Å². The molecule has 0 aliphatic heterocycles. The molecule has 6 heteroatoms. The summed E-state index contributed by atoms with van der Waals surface area (Å²) in [5.41, 5.74) is 7.27. The summed E-state index contributed by atoms with van der Waals surface area (Å²) in [5, 5.41) is 1.50. The Hall–Kier alpha value is -1.13. The van der Waals surface area contributed by atoms with Crippen molar-refractivity contribution in [3.05, 3.63) is 56.5 Å². The molecular weight excluding hydrogens is 333 g/mol. The molecule has 0 amide bonds. The van der Waals surface area contributed by atoms with E-state index in [1.54, 1.807) is 25.3 Å². The van der Waals surface area contributed by atoms with Crippen molar-refractivity contribution in [1.82, 2.24) is 0 Å². The Labute approximate surface area is 138 Å². The van der Waals surface area contributed by atoms with Crippen LogP contribution < -0.4 is 15.2 Å². The summed E-state index contributed by atoms with van der Waals surface area (Å²) in [5.74, 6) is 1.08. The Balaban J connectivity index is 2.29. The molecule has 0 atom stereocenters. The number of hydrogen-bond acceptors (Lipinski definition) is 3. The van der Waals surface area contributed by atoms with Crippen LogP contribution in [0, 0.1) is 0 Å². The molecule has 0 saturated heterocycles. The topological polar surface area (TPSA) is 44.5 Å². The highest BCUT2D eigenvalue weighted by atomic mass is 35.5. The molecular formula is C15H14Cl3NO2. The molecule has 21 heavy (non-hydrogen) atoms. The van der Waals surface area contributed by atoms with Crippen molar-refractivity contribution in [3.8, 4) is 11.5 Å². The zero-order valence-corrected chi connectivity index (χ0v) is 13.6. The van der Waals surface area contributed by atoms with Gasteiger partial charge in [-0.1, -0.05) is 46.9 Å². The molecule has 0 unspecified atom stereocenters. The second-order valence-corrected chi connectivity index (χ2v) is 5.52. The van der Waals surface area contributed by atoms with Crippen molar-refractivity contribution in [3.63, 3.8) is 0 Å². The summed E-state index contributed by atoms with van der Waals surface area (Å²) >= 11 is 18.1. The van der Waals surface area contributed by atoms with Crippen LogP contribution in [0.15, 0.2) is 30.3 Å². The van der Waals surface area contributed by atoms with E-state index in [4.69, 9.17) is 50.0 Å². The molecule has 0 spiro atoms. The van der Waals surface area contributed by atoms with E-state index in [2.05, 4.69) is 0 Å². The fraction of sp³-hybridized carbons (Fsp3) is 0.200. The van der Waals surface area contributed by atoms with Crippen molar-refractivity contribution in [2.45, 2.75) is 13.2 Å². The van der Waals surface area contributed by atoms with Crippen LogP contribution in [0.25, 0.3) is 0 Å². The maximum Gasteiger partial charge on any atom is 0.166 e. The van der Waals surface area contributed by atoms with Gasteiger partial charge in [0.2, 0.25) is 0 Å². The molecule has 0 aliphatic carbocycles. The van der Waals surface area contributed by atoms with Gasteiger partial charge in [-0.25, -0.2) is 0 Å². The van der Waals surface area contributed by atoms with Crippen LogP contribution >= 0.6 is 34.8 Å². The third-order valence-electron chi connectivity index (χ3n) is 2.94. The van der Waals surface area contributed by atoms with Gasteiger partial charge in [0.1, 0.15) is 6.61 Å². The summed E-state index contributed by atoms with van der Waals surface area (Å²) in [4.78, 5) is 0. The molecule has 0 aromatic heterocycles. The quantitative estimate of drug-likeness (QED) is 0.854. The second-order valence-electron chi connectivity index (χ2n) is 4.30. The molecule has 2 aromatic rings. The molecule has 2 aromatic carbocycles. The van der Waals surface area contributed by atoms with Gasteiger partial charge in [-0.3, -0.25) is 0 Å². The standard InChI is InChI=1S/C15H14Cl3NO2/c1-20-13-6-11(16)5-10(7-19)15(13)21-8-9-3-2-4-12(17)14(9)18/h2-6H,7-8,19H2,1H3. The fourth-order valence-corrected chi connectivity index (χ4v) is 2.51. The van der Waals surface area contributed by atoms with Crippen molar-refractivity contribution in [1.29, 1.82) is 0 Å². The number of ether oxygens (including phenoxy) is 2. The van der Waals surface area contributed by atoms with Crippen LogP contribution in [-0.2, 0) is 13.2 Å². The first-order valence-corrected chi connectivity index (χ1v) is 7.32. The summed E-state index contributed by atoms with van der Waals surface area (Å²) in [6.07, 6.45) is 0. The van der Waals surface area contributed by atoms with Gasteiger partial charge in [0.15, 0.2) is 11.5 Å². The lowest BCUT2D eigenvalue weighted by atomic mass is 10.2. The minimum Gasteiger partial charge on any atom is -0.493 e. The van der Waals surface area contributed by atoms with Gasteiger partial charge in [-0.15, -0.1) is 0 Å². The van der Waals surface area contributed by atoms with Crippen LogP contribution in [0.2, 0.25) is 15.1 Å². The third kappa shape index (κ3) is 3.74. The Kier molecular flexibility index (Phi) is 5.59. The molecule has 0 fully saturated rings. The molecule has 0 radical (unpaired) electrons. The van der Waals surface area contributed by atoms with Crippen LogP contribution in [0.1, 0.15) is 11.1 Å². The first kappa shape index (κ1) is 16.2. The lowest BCUT2D eigenvalue weighted by Crippen LogP contribution is -2.05. The van der Waals surface area contributed by atoms with Crippen LogP contribution in [-0.4, -0.2) is 7.11 Å². The maximum absolute atomic E-state index is 6.14. The van der Waals surface area contributed by atoms with Crippen molar-refractivity contribution in [2.75, 3.05) is 7.11 Å². The van der Waals surface area contributed by atoms with Crippen LogP contribution in [0.5, 0.6) is 11.5 Å². The van der Waals surface area contributed by atoms with Gasteiger partial charge >= 0.3 is 0 Å². The summed E-state index contributed by atoms with van der Waals surface area (Å²) in [6.45, 7) is 0.542. The van der Waals surface area contributed by atoms with E-state index in [0.29, 0.717) is 26.6 Å². The Bertz CT molecular complexity index is 622. The molecule has 3 nitrogen and oxygen atoms in total. The van der Waals surface area contributed by atoms with E-state index in [9.17, 15) is 0 Å². The predicted molar refractivity (Wildman–Crippen MR) is 86.7 cm³/mol. The lowest BCUT2D eigenvalue weighted by molar-refractivity contribution is 0.281. The van der Waals surface area contributed by atoms with E-state index in [1.807, 2.05) is 12.1 Å².